The second kappa shape index (κ2) is 5.20. The molecule has 6 nitrogen and oxygen atoms in total. The molecule has 7 heteroatoms. The van der Waals surface area contributed by atoms with Gasteiger partial charge in [0.2, 0.25) is 0 Å². The normalized spacial score (nSPS) is 10.9. The van der Waals surface area contributed by atoms with Gasteiger partial charge in [-0.2, -0.15) is 9.97 Å². The van der Waals surface area contributed by atoms with Crippen molar-refractivity contribution in [2.45, 2.75) is 19.8 Å². The number of hydrogen-bond donors (Lipinski definition) is 0. The lowest BCUT2D eigenvalue weighted by atomic mass is 10.1. The van der Waals surface area contributed by atoms with Crippen molar-refractivity contribution in [3.8, 4) is 11.8 Å². The van der Waals surface area contributed by atoms with Gasteiger partial charge in [-0.05, 0) is 17.7 Å². The van der Waals surface area contributed by atoms with Crippen molar-refractivity contribution in [3.05, 3.63) is 47.3 Å². The number of benzene rings is 1. The fourth-order valence-corrected chi connectivity index (χ4v) is 1.68. The lowest BCUT2D eigenvalue weighted by Gasteiger charge is -1.95. The molecule has 0 radical (unpaired) electrons. The molecule has 0 aliphatic carbocycles. The number of hydrogen-bond acceptors (Lipinski definition) is 6. The molecular weight excluding hydrogens is 263 g/mol. The maximum atomic E-state index is 12.8. The predicted octanol–water partition coefficient (Wildman–Crippen LogP) is 2.41. The second-order valence-corrected chi connectivity index (χ2v) is 4.19. The third kappa shape index (κ3) is 2.56. The van der Waals surface area contributed by atoms with Crippen LogP contribution < -0.4 is 0 Å². The predicted molar refractivity (Wildman–Crippen MR) is 66.2 cm³/mol. The number of aromatic nitrogens is 4. The van der Waals surface area contributed by atoms with Crippen LogP contribution in [0, 0.1) is 5.82 Å². The van der Waals surface area contributed by atoms with Crippen LogP contribution in [0.4, 0.5) is 4.39 Å². The van der Waals surface area contributed by atoms with E-state index >= 15 is 0 Å². The second-order valence-electron chi connectivity index (χ2n) is 4.19. The van der Waals surface area contributed by atoms with E-state index < -0.39 is 0 Å². The number of rotatable bonds is 4. The van der Waals surface area contributed by atoms with Crippen LogP contribution in [-0.4, -0.2) is 20.3 Å². The molecule has 0 saturated carbocycles. The fraction of sp³-hybridized carbons (Fsp3) is 0.231. The molecule has 0 spiro atoms. The van der Waals surface area contributed by atoms with Crippen molar-refractivity contribution in [1.82, 2.24) is 20.3 Å². The lowest BCUT2D eigenvalue weighted by molar-refractivity contribution is 0.377. The average molecular weight is 274 g/mol. The van der Waals surface area contributed by atoms with E-state index in [1.807, 2.05) is 6.92 Å². The van der Waals surface area contributed by atoms with Crippen molar-refractivity contribution in [2.24, 2.45) is 0 Å². The fourth-order valence-electron chi connectivity index (χ4n) is 1.68. The van der Waals surface area contributed by atoms with Crippen LogP contribution in [0.2, 0.25) is 0 Å². The summed E-state index contributed by atoms with van der Waals surface area (Å²) in [6.45, 7) is 1.92. The Morgan fingerprint density at radius 1 is 0.950 bits per heavy atom. The molecule has 0 aliphatic rings. The molecule has 2 aromatic heterocycles. The summed E-state index contributed by atoms with van der Waals surface area (Å²) in [5, 5.41) is 7.60. The minimum absolute atomic E-state index is 0.189. The molecule has 0 aliphatic heterocycles. The van der Waals surface area contributed by atoms with Crippen LogP contribution in [0.5, 0.6) is 0 Å². The summed E-state index contributed by atoms with van der Waals surface area (Å²) in [7, 11) is 0. The van der Waals surface area contributed by atoms with Gasteiger partial charge in [-0.3, -0.25) is 0 Å². The summed E-state index contributed by atoms with van der Waals surface area (Å²) in [4.78, 5) is 8.29. The number of halogens is 1. The molecule has 0 amide bonds. The SMILES string of the molecule is CCc1noc(-c2nc(Cc3ccc(F)cc3)no2)n1. The van der Waals surface area contributed by atoms with Crippen LogP contribution in [0.15, 0.2) is 33.3 Å². The first-order chi connectivity index (χ1) is 9.74. The molecule has 1 aromatic carbocycles. The van der Waals surface area contributed by atoms with E-state index in [1.165, 1.54) is 12.1 Å². The van der Waals surface area contributed by atoms with Crippen molar-refractivity contribution < 1.29 is 13.4 Å². The van der Waals surface area contributed by atoms with E-state index in [9.17, 15) is 4.39 Å². The van der Waals surface area contributed by atoms with Crippen molar-refractivity contribution in [2.75, 3.05) is 0 Å². The molecule has 0 unspecified atom stereocenters. The smallest absolute Gasteiger partial charge is 0.316 e. The quantitative estimate of drug-likeness (QED) is 0.727. The van der Waals surface area contributed by atoms with E-state index in [-0.39, 0.29) is 17.6 Å². The maximum absolute atomic E-state index is 12.8. The minimum Gasteiger partial charge on any atom is -0.329 e. The van der Waals surface area contributed by atoms with E-state index in [2.05, 4.69) is 20.3 Å². The van der Waals surface area contributed by atoms with Gasteiger partial charge in [-0.25, -0.2) is 4.39 Å². The van der Waals surface area contributed by atoms with Gasteiger partial charge in [0, 0.05) is 12.8 Å². The van der Waals surface area contributed by atoms with Crippen LogP contribution in [-0.2, 0) is 12.8 Å². The monoisotopic (exact) mass is 274 g/mol. The highest BCUT2D eigenvalue weighted by atomic mass is 19.1. The molecule has 3 aromatic rings. The van der Waals surface area contributed by atoms with E-state index in [1.54, 1.807) is 12.1 Å². The molecule has 0 fully saturated rings. The first-order valence-corrected chi connectivity index (χ1v) is 6.14. The van der Waals surface area contributed by atoms with E-state index in [4.69, 9.17) is 9.05 Å². The zero-order valence-electron chi connectivity index (χ0n) is 10.7. The van der Waals surface area contributed by atoms with Gasteiger partial charge in [-0.15, -0.1) is 0 Å². The van der Waals surface area contributed by atoms with Crippen LogP contribution in [0.3, 0.4) is 0 Å². The first kappa shape index (κ1) is 12.5. The molecule has 0 N–H and O–H groups in total. The Kier molecular flexibility index (Phi) is 3.24. The van der Waals surface area contributed by atoms with Crippen molar-refractivity contribution >= 4 is 0 Å². The summed E-state index contributed by atoms with van der Waals surface area (Å²) in [5.74, 6) is 1.18. The zero-order chi connectivity index (χ0) is 13.9. The van der Waals surface area contributed by atoms with Crippen molar-refractivity contribution in [1.29, 1.82) is 0 Å². The Bertz CT molecular complexity index is 705. The lowest BCUT2D eigenvalue weighted by Crippen LogP contribution is -1.91. The van der Waals surface area contributed by atoms with Gasteiger partial charge >= 0.3 is 11.8 Å². The molecule has 3 rings (SSSR count). The molecule has 0 saturated heterocycles. The molecular formula is C13H11FN4O2. The Labute approximate surface area is 113 Å². The number of nitrogens with zero attached hydrogens (tertiary/aromatic N) is 4. The number of aryl methyl sites for hydroxylation is 1. The summed E-state index contributed by atoms with van der Waals surface area (Å²) in [5.41, 5.74) is 0.888. The Morgan fingerprint density at radius 3 is 2.15 bits per heavy atom. The van der Waals surface area contributed by atoms with Gasteiger partial charge in [-0.1, -0.05) is 29.4 Å². The van der Waals surface area contributed by atoms with Crippen LogP contribution in [0.1, 0.15) is 24.1 Å². The minimum atomic E-state index is -0.277. The summed E-state index contributed by atoms with van der Waals surface area (Å²) in [6, 6.07) is 6.13. The molecule has 0 atom stereocenters. The van der Waals surface area contributed by atoms with Gasteiger partial charge < -0.3 is 9.05 Å². The third-order valence-corrected chi connectivity index (χ3v) is 2.71. The van der Waals surface area contributed by atoms with E-state index in [0.29, 0.717) is 24.5 Å². The Morgan fingerprint density at radius 2 is 1.55 bits per heavy atom. The largest absolute Gasteiger partial charge is 0.329 e. The molecule has 20 heavy (non-hydrogen) atoms. The Balaban J connectivity index is 1.78. The summed E-state index contributed by atoms with van der Waals surface area (Å²) >= 11 is 0. The maximum Gasteiger partial charge on any atom is 0.316 e. The Hall–Kier alpha value is -2.57. The van der Waals surface area contributed by atoms with Crippen LogP contribution >= 0.6 is 0 Å². The van der Waals surface area contributed by atoms with Gasteiger partial charge in [0.15, 0.2) is 11.6 Å². The first-order valence-electron chi connectivity index (χ1n) is 6.14. The zero-order valence-corrected chi connectivity index (χ0v) is 10.7. The highest BCUT2D eigenvalue weighted by Crippen LogP contribution is 2.16. The topological polar surface area (TPSA) is 77.8 Å². The van der Waals surface area contributed by atoms with Gasteiger partial charge in [0.05, 0.1) is 0 Å². The molecule has 2 heterocycles. The van der Waals surface area contributed by atoms with E-state index in [0.717, 1.165) is 5.56 Å². The standard InChI is InChI=1S/C13H11FN4O2/c1-2-10-15-12(19-17-10)13-16-11(18-20-13)7-8-3-5-9(14)6-4-8/h3-6H,2,7H2,1H3. The third-order valence-electron chi connectivity index (χ3n) is 2.71. The average Bonchev–Trinajstić information content (AvgIpc) is 3.10. The highest BCUT2D eigenvalue weighted by Gasteiger charge is 2.16. The van der Waals surface area contributed by atoms with Gasteiger partial charge in [0.25, 0.3) is 0 Å². The van der Waals surface area contributed by atoms with Crippen molar-refractivity contribution in [3.63, 3.8) is 0 Å². The van der Waals surface area contributed by atoms with Gasteiger partial charge in [0.1, 0.15) is 5.82 Å². The summed E-state index contributed by atoms with van der Waals surface area (Å²) in [6.07, 6.45) is 1.11. The summed E-state index contributed by atoms with van der Waals surface area (Å²) < 4.78 is 22.9. The molecule has 0 bridgehead atoms. The highest BCUT2D eigenvalue weighted by molar-refractivity contribution is 5.36. The van der Waals surface area contributed by atoms with Crippen LogP contribution in [0.25, 0.3) is 11.8 Å². The molecule has 102 valence electrons.